The summed E-state index contributed by atoms with van der Waals surface area (Å²) in [5.41, 5.74) is 0.942. The molecule has 0 bridgehead atoms. The van der Waals surface area contributed by atoms with Gasteiger partial charge in [0.15, 0.2) is 21.7 Å². The maximum Gasteiger partial charge on any atom is 0.256 e. The van der Waals surface area contributed by atoms with Crippen molar-refractivity contribution in [3.63, 3.8) is 0 Å². The topological polar surface area (TPSA) is 114 Å². The Bertz CT molecular complexity index is 1360. The Kier molecular flexibility index (Phi) is 9.52. The first-order valence-electron chi connectivity index (χ1n) is 11.5. The third-order valence-corrected chi connectivity index (χ3v) is 7.35. The van der Waals surface area contributed by atoms with Gasteiger partial charge >= 0.3 is 0 Å². The number of hydrogen-bond donors (Lipinski definition) is 1. The zero-order valence-electron chi connectivity index (χ0n) is 20.8. The summed E-state index contributed by atoms with van der Waals surface area (Å²) in [5, 5.41) is 11.2. The molecule has 1 unspecified atom stereocenters. The summed E-state index contributed by atoms with van der Waals surface area (Å²) in [6.45, 7) is 1.87. The van der Waals surface area contributed by atoms with Crippen molar-refractivity contribution in [1.82, 2.24) is 9.88 Å². The number of aryl methyl sites for hydroxylation is 2. The third kappa shape index (κ3) is 7.91. The molecule has 0 aliphatic rings. The number of aromatic nitrogens is 1. The Hall–Kier alpha value is -3.15. The molecule has 0 saturated heterocycles. The molecule has 1 aromatic heterocycles. The average molecular weight is 549 g/mol. The first-order valence-corrected chi connectivity index (χ1v) is 14.4. The minimum Gasteiger partial charge on any atom is -0.497 e. The van der Waals surface area contributed by atoms with Gasteiger partial charge in [-0.05, 0) is 37.5 Å². The second-order valence-corrected chi connectivity index (χ2v) is 12.1. The van der Waals surface area contributed by atoms with E-state index in [1.165, 1.54) is 35.5 Å². The number of ketones is 1. The van der Waals surface area contributed by atoms with Crippen LogP contribution in [-0.2, 0) is 27.6 Å². The fourth-order valence-electron chi connectivity index (χ4n) is 3.80. The van der Waals surface area contributed by atoms with E-state index in [-0.39, 0.29) is 30.1 Å². The summed E-state index contributed by atoms with van der Waals surface area (Å²) in [5.74, 6) is -2.52. The van der Waals surface area contributed by atoms with Crippen molar-refractivity contribution < 1.29 is 32.2 Å². The normalized spacial score (nSPS) is 12.2. The van der Waals surface area contributed by atoms with Crippen molar-refractivity contribution in [2.24, 2.45) is 0 Å². The molecule has 37 heavy (non-hydrogen) atoms. The second-order valence-electron chi connectivity index (χ2n) is 8.64. The highest BCUT2D eigenvalue weighted by molar-refractivity contribution is 7.91. The molecule has 0 aliphatic carbocycles. The van der Waals surface area contributed by atoms with Gasteiger partial charge in [-0.15, -0.1) is 11.3 Å². The molecule has 0 spiro atoms. The molecule has 8 nitrogen and oxygen atoms in total. The van der Waals surface area contributed by atoms with Gasteiger partial charge in [-0.2, -0.15) is 0 Å². The molecular weight excluding hydrogens is 519 g/mol. The lowest BCUT2D eigenvalue weighted by atomic mass is 10.1. The fraction of sp³-hybridized carbons (Fsp3) is 0.346. The quantitative estimate of drug-likeness (QED) is 0.345. The molecule has 1 atom stereocenters. The van der Waals surface area contributed by atoms with E-state index in [1.54, 1.807) is 6.92 Å². The van der Waals surface area contributed by atoms with E-state index in [0.717, 1.165) is 17.9 Å². The van der Waals surface area contributed by atoms with E-state index in [9.17, 15) is 27.5 Å². The van der Waals surface area contributed by atoms with E-state index < -0.39 is 39.2 Å². The maximum atomic E-state index is 14.6. The predicted octanol–water partition coefficient (Wildman–Crippen LogP) is 3.52. The predicted molar refractivity (Wildman–Crippen MR) is 139 cm³/mol. The lowest BCUT2D eigenvalue weighted by molar-refractivity contribution is -0.141. The Labute approximate surface area is 219 Å². The Balaban J connectivity index is 1.83. The number of hydrogen-bond acceptors (Lipinski definition) is 8. The van der Waals surface area contributed by atoms with Crippen LogP contribution in [0.15, 0.2) is 48.5 Å². The molecule has 3 aromatic rings. The average Bonchev–Trinajstić information content (AvgIpc) is 3.22. The summed E-state index contributed by atoms with van der Waals surface area (Å²) < 4.78 is 42.7. The van der Waals surface area contributed by atoms with Crippen LogP contribution >= 0.6 is 11.3 Å². The van der Waals surface area contributed by atoms with Crippen molar-refractivity contribution in [1.29, 1.82) is 0 Å². The summed E-state index contributed by atoms with van der Waals surface area (Å²) in [6.07, 6.45) is 0.458. The third-order valence-electron chi connectivity index (χ3n) is 5.61. The minimum absolute atomic E-state index is 0.0277. The van der Waals surface area contributed by atoms with Gasteiger partial charge in [-0.25, -0.2) is 17.8 Å². The van der Waals surface area contributed by atoms with E-state index in [4.69, 9.17) is 4.74 Å². The molecule has 0 fully saturated rings. The van der Waals surface area contributed by atoms with Crippen LogP contribution in [0.3, 0.4) is 0 Å². The number of thiazole rings is 1. The van der Waals surface area contributed by atoms with Gasteiger partial charge in [-0.3, -0.25) is 9.59 Å². The minimum atomic E-state index is -3.53. The number of Topliss-reactive ketones (excluding diaryl/α,β-unsaturated/α-hetero) is 1. The number of halogens is 1. The Morgan fingerprint density at radius 2 is 1.89 bits per heavy atom. The van der Waals surface area contributed by atoms with Crippen molar-refractivity contribution in [2.45, 2.75) is 32.4 Å². The fourth-order valence-corrected chi connectivity index (χ4v) is 5.38. The van der Waals surface area contributed by atoms with Gasteiger partial charge in [0.25, 0.3) is 5.91 Å². The second kappa shape index (κ2) is 12.4. The molecule has 1 amide bonds. The number of rotatable bonds is 12. The van der Waals surface area contributed by atoms with Gasteiger partial charge in [0.1, 0.15) is 28.0 Å². The molecule has 0 saturated carbocycles. The van der Waals surface area contributed by atoms with Crippen molar-refractivity contribution in [3.8, 4) is 5.75 Å². The van der Waals surface area contributed by atoms with Crippen molar-refractivity contribution in [3.05, 3.63) is 81.1 Å². The summed E-state index contributed by atoms with van der Waals surface area (Å²) in [7, 11) is -2.15. The monoisotopic (exact) mass is 548 g/mol. The van der Waals surface area contributed by atoms with Crippen molar-refractivity contribution >= 4 is 32.9 Å². The van der Waals surface area contributed by atoms with E-state index in [0.29, 0.717) is 22.7 Å². The number of ether oxygens (including phenoxy) is 1. The zero-order chi connectivity index (χ0) is 27.2. The number of aliphatic hydroxyl groups is 1. The van der Waals surface area contributed by atoms with Crippen LogP contribution in [0.1, 0.15) is 44.0 Å². The Morgan fingerprint density at radius 1 is 1.19 bits per heavy atom. The lowest BCUT2D eigenvalue weighted by Gasteiger charge is -2.25. The zero-order valence-corrected chi connectivity index (χ0v) is 22.4. The van der Waals surface area contributed by atoms with Crippen LogP contribution in [0.4, 0.5) is 4.39 Å². The molecule has 3 rings (SSSR count). The van der Waals surface area contributed by atoms with Gasteiger partial charge in [-0.1, -0.05) is 30.3 Å². The Morgan fingerprint density at radius 3 is 2.51 bits per heavy atom. The highest BCUT2D eigenvalue weighted by Crippen LogP contribution is 2.26. The van der Waals surface area contributed by atoms with Crippen LogP contribution in [0, 0.1) is 12.7 Å². The number of benzene rings is 2. The summed E-state index contributed by atoms with van der Waals surface area (Å²) in [6, 6.07) is 13.5. The number of amides is 1. The van der Waals surface area contributed by atoms with Gasteiger partial charge < -0.3 is 14.7 Å². The molecular formula is C26H29FN2O6S2. The van der Waals surface area contributed by atoms with E-state index in [2.05, 4.69) is 4.98 Å². The number of aliphatic hydroxyl groups excluding tert-OH is 1. The number of methoxy groups -OCH3 is 1. The lowest BCUT2D eigenvalue weighted by Crippen LogP contribution is -2.36. The summed E-state index contributed by atoms with van der Waals surface area (Å²) >= 11 is 1.17. The summed E-state index contributed by atoms with van der Waals surface area (Å²) in [4.78, 5) is 31.9. The van der Waals surface area contributed by atoms with Crippen LogP contribution in [-0.4, -0.2) is 60.8 Å². The largest absolute Gasteiger partial charge is 0.497 e. The van der Waals surface area contributed by atoms with Crippen LogP contribution in [0.2, 0.25) is 0 Å². The van der Waals surface area contributed by atoms with E-state index >= 15 is 0 Å². The standard InChI is InChI=1S/C26H29FN2O6S2/c1-17-24(22(30)16-37(3,33)34)28-23(36-17)15-29(13-7-10-18-8-5-4-6-9-18)26(32)25(31)20-12-11-19(35-2)14-21(20)27/h4-6,8-9,11-12,14,25,31H,7,10,13,15-16H2,1-3H3. The van der Waals surface area contributed by atoms with E-state index in [1.807, 2.05) is 30.3 Å². The first kappa shape index (κ1) is 28.4. The number of sulfone groups is 1. The van der Waals surface area contributed by atoms with Crippen molar-refractivity contribution in [2.75, 3.05) is 25.7 Å². The number of carbonyl (C=O) groups excluding carboxylic acids is 2. The van der Waals surface area contributed by atoms with Crippen LogP contribution in [0.25, 0.3) is 0 Å². The molecule has 0 aliphatic heterocycles. The highest BCUT2D eigenvalue weighted by Gasteiger charge is 2.28. The first-order chi connectivity index (χ1) is 17.5. The number of nitrogens with zero attached hydrogens (tertiary/aromatic N) is 2. The molecule has 2 aromatic carbocycles. The van der Waals surface area contributed by atoms with Gasteiger partial charge in [0.05, 0.1) is 13.7 Å². The smallest absolute Gasteiger partial charge is 0.256 e. The van der Waals surface area contributed by atoms with Gasteiger partial charge in [0, 0.05) is 29.3 Å². The molecule has 1 N–H and O–H groups in total. The highest BCUT2D eigenvalue weighted by atomic mass is 32.2. The van der Waals surface area contributed by atoms with Gasteiger partial charge in [0.2, 0.25) is 0 Å². The van der Waals surface area contributed by atoms with Crippen LogP contribution in [0.5, 0.6) is 5.75 Å². The SMILES string of the molecule is COc1ccc(C(O)C(=O)N(CCCc2ccccc2)Cc2nc(C(=O)CS(C)(=O)=O)c(C)s2)c(F)c1. The number of carbonyl (C=O) groups is 2. The van der Waals surface area contributed by atoms with Crippen LogP contribution < -0.4 is 4.74 Å². The maximum absolute atomic E-state index is 14.6. The molecule has 0 radical (unpaired) electrons. The molecule has 11 heteroatoms. The molecule has 198 valence electrons. The molecule has 1 heterocycles.